The first-order valence-corrected chi connectivity index (χ1v) is 8.14. The van der Waals surface area contributed by atoms with Gasteiger partial charge in [-0.1, -0.05) is 19.3 Å². The van der Waals surface area contributed by atoms with E-state index >= 15 is 0 Å². The molecule has 0 bridgehead atoms. The number of nitrogens with one attached hydrogen (secondary N) is 1. The Bertz CT molecular complexity index is 559. The van der Waals surface area contributed by atoms with Gasteiger partial charge in [0.15, 0.2) is 0 Å². The van der Waals surface area contributed by atoms with E-state index in [1.807, 2.05) is 0 Å². The molecule has 0 spiro atoms. The molecule has 0 aromatic carbocycles. The summed E-state index contributed by atoms with van der Waals surface area (Å²) in [6, 6.07) is 1.61. The molecule has 0 atom stereocenters. The molecule has 1 aromatic heterocycles. The zero-order chi connectivity index (χ0) is 16.9. The maximum absolute atomic E-state index is 12.2. The number of amides is 1. The summed E-state index contributed by atoms with van der Waals surface area (Å²) in [5.41, 5.74) is 6.25. The lowest BCUT2D eigenvalue weighted by atomic mass is 9.71. The number of aryl methyl sites for hydroxylation is 1. The average molecular weight is 322 g/mol. The van der Waals surface area contributed by atoms with E-state index in [0.717, 1.165) is 25.7 Å². The van der Waals surface area contributed by atoms with Crippen LogP contribution in [0, 0.1) is 12.3 Å². The second-order valence-corrected chi connectivity index (χ2v) is 6.39. The van der Waals surface area contributed by atoms with Gasteiger partial charge in [0.2, 0.25) is 5.91 Å². The highest BCUT2D eigenvalue weighted by Crippen LogP contribution is 2.38. The number of nitrogens with two attached hydrogens (primary N) is 1. The molecule has 2 rings (SSSR count). The summed E-state index contributed by atoms with van der Waals surface area (Å²) in [4.78, 5) is 23.8. The summed E-state index contributed by atoms with van der Waals surface area (Å²) in [5, 5.41) is 2.86. The Morgan fingerprint density at radius 3 is 2.65 bits per heavy atom. The van der Waals surface area contributed by atoms with Crippen LogP contribution >= 0.6 is 0 Å². The highest BCUT2D eigenvalue weighted by atomic mass is 16.5. The third kappa shape index (κ3) is 4.34. The van der Waals surface area contributed by atoms with Crippen molar-refractivity contribution >= 4 is 11.9 Å². The van der Waals surface area contributed by atoms with Gasteiger partial charge in [-0.25, -0.2) is 4.79 Å². The fourth-order valence-corrected chi connectivity index (χ4v) is 3.29. The molecule has 1 heterocycles. The fourth-order valence-electron chi connectivity index (χ4n) is 3.29. The van der Waals surface area contributed by atoms with Crippen LogP contribution in [0.4, 0.5) is 0 Å². The summed E-state index contributed by atoms with van der Waals surface area (Å²) >= 11 is 0. The minimum atomic E-state index is -0.437. The average Bonchev–Trinajstić information content (AvgIpc) is 2.94. The van der Waals surface area contributed by atoms with Crippen LogP contribution in [0.5, 0.6) is 0 Å². The van der Waals surface area contributed by atoms with E-state index < -0.39 is 5.97 Å². The predicted octanol–water partition coefficient (Wildman–Crippen LogP) is 2.29. The van der Waals surface area contributed by atoms with E-state index in [1.54, 1.807) is 13.0 Å². The molecule has 6 nitrogen and oxygen atoms in total. The van der Waals surface area contributed by atoms with Crippen LogP contribution in [0.25, 0.3) is 0 Å². The highest BCUT2D eigenvalue weighted by Gasteiger charge is 2.32. The molecule has 1 saturated carbocycles. The molecule has 0 radical (unpaired) electrons. The quantitative estimate of drug-likeness (QED) is 0.784. The van der Waals surface area contributed by atoms with Gasteiger partial charge in [-0.15, -0.1) is 0 Å². The molecular formula is C17H26N2O4. The number of hydrogen-bond acceptors (Lipinski definition) is 5. The van der Waals surface area contributed by atoms with Crippen LogP contribution in [-0.2, 0) is 16.1 Å². The lowest BCUT2D eigenvalue weighted by Gasteiger charge is -2.35. The van der Waals surface area contributed by atoms with Crippen LogP contribution in [0.3, 0.4) is 0 Å². The molecule has 6 heteroatoms. The van der Waals surface area contributed by atoms with Crippen LogP contribution in [0.2, 0.25) is 0 Å². The van der Waals surface area contributed by atoms with Gasteiger partial charge in [0.1, 0.15) is 17.1 Å². The van der Waals surface area contributed by atoms with Gasteiger partial charge in [0.25, 0.3) is 0 Å². The first-order chi connectivity index (χ1) is 11.0. The molecule has 1 aliphatic rings. The SMILES string of the molecule is COC(=O)c1cc(CNC(=O)CC2(CN)CCCCC2)oc1C. The summed E-state index contributed by atoms with van der Waals surface area (Å²) in [5.74, 6) is 0.577. The van der Waals surface area contributed by atoms with Crippen LogP contribution in [-0.4, -0.2) is 25.5 Å². The van der Waals surface area contributed by atoms with Gasteiger partial charge in [0, 0.05) is 6.42 Å². The minimum Gasteiger partial charge on any atom is -0.465 e. The molecule has 1 aliphatic carbocycles. The Hall–Kier alpha value is -1.82. The van der Waals surface area contributed by atoms with Gasteiger partial charge >= 0.3 is 5.97 Å². The van der Waals surface area contributed by atoms with Crippen molar-refractivity contribution in [2.45, 2.75) is 52.0 Å². The third-order valence-electron chi connectivity index (χ3n) is 4.72. The number of furan rings is 1. The molecule has 1 fully saturated rings. The fraction of sp³-hybridized carbons (Fsp3) is 0.647. The predicted molar refractivity (Wildman–Crippen MR) is 85.8 cm³/mol. The van der Waals surface area contributed by atoms with E-state index in [2.05, 4.69) is 10.1 Å². The summed E-state index contributed by atoms with van der Waals surface area (Å²) in [7, 11) is 1.33. The Labute approximate surface area is 136 Å². The second kappa shape index (κ2) is 7.64. The maximum Gasteiger partial charge on any atom is 0.341 e. The lowest BCUT2D eigenvalue weighted by molar-refractivity contribution is -0.124. The van der Waals surface area contributed by atoms with Crippen molar-refractivity contribution in [1.29, 1.82) is 0 Å². The number of carbonyl (C=O) groups excluding carboxylic acids is 2. The first kappa shape index (κ1) is 17.5. The van der Waals surface area contributed by atoms with Crippen molar-refractivity contribution in [2.24, 2.45) is 11.1 Å². The molecule has 0 saturated heterocycles. The van der Waals surface area contributed by atoms with Crippen molar-refractivity contribution in [1.82, 2.24) is 5.32 Å². The molecule has 1 amide bonds. The van der Waals surface area contributed by atoms with Crippen molar-refractivity contribution in [3.05, 3.63) is 23.2 Å². The summed E-state index contributed by atoms with van der Waals surface area (Å²) < 4.78 is 10.2. The molecule has 0 unspecified atom stereocenters. The Balaban J connectivity index is 1.90. The highest BCUT2D eigenvalue weighted by molar-refractivity contribution is 5.90. The van der Waals surface area contributed by atoms with Crippen LogP contribution in [0.15, 0.2) is 10.5 Å². The zero-order valence-electron chi connectivity index (χ0n) is 13.9. The van der Waals surface area contributed by atoms with Crippen molar-refractivity contribution in [2.75, 3.05) is 13.7 Å². The van der Waals surface area contributed by atoms with Gasteiger partial charge in [-0.2, -0.15) is 0 Å². The first-order valence-electron chi connectivity index (χ1n) is 8.14. The molecule has 128 valence electrons. The summed E-state index contributed by atoms with van der Waals surface area (Å²) in [6.45, 7) is 2.51. The maximum atomic E-state index is 12.2. The van der Waals surface area contributed by atoms with E-state index in [-0.39, 0.29) is 17.9 Å². The Morgan fingerprint density at radius 1 is 1.35 bits per heavy atom. The number of methoxy groups -OCH3 is 1. The standard InChI is InChI=1S/C17H26N2O4/c1-12-14(16(21)22-2)8-13(23-12)10-19-15(20)9-17(11-18)6-4-3-5-7-17/h8H,3-7,9-11,18H2,1-2H3,(H,19,20). The Morgan fingerprint density at radius 2 is 2.04 bits per heavy atom. The van der Waals surface area contributed by atoms with E-state index in [0.29, 0.717) is 30.0 Å². The normalized spacial score (nSPS) is 16.8. The molecule has 23 heavy (non-hydrogen) atoms. The van der Waals surface area contributed by atoms with Gasteiger partial charge in [0.05, 0.1) is 13.7 Å². The number of ether oxygens (including phenoxy) is 1. The van der Waals surface area contributed by atoms with E-state index in [4.69, 9.17) is 10.2 Å². The third-order valence-corrected chi connectivity index (χ3v) is 4.72. The summed E-state index contributed by atoms with van der Waals surface area (Å²) in [6.07, 6.45) is 6.00. The largest absolute Gasteiger partial charge is 0.465 e. The minimum absolute atomic E-state index is 0.0222. The van der Waals surface area contributed by atoms with Crippen molar-refractivity contribution < 1.29 is 18.7 Å². The van der Waals surface area contributed by atoms with Crippen LogP contribution in [0.1, 0.15) is 60.4 Å². The molecule has 3 N–H and O–H groups in total. The van der Waals surface area contributed by atoms with E-state index in [9.17, 15) is 9.59 Å². The van der Waals surface area contributed by atoms with Gasteiger partial charge < -0.3 is 20.2 Å². The van der Waals surface area contributed by atoms with Gasteiger partial charge in [-0.05, 0) is 37.8 Å². The number of rotatable bonds is 6. The molecular weight excluding hydrogens is 296 g/mol. The number of esters is 1. The van der Waals surface area contributed by atoms with Crippen molar-refractivity contribution in [3.63, 3.8) is 0 Å². The topological polar surface area (TPSA) is 94.6 Å². The van der Waals surface area contributed by atoms with E-state index in [1.165, 1.54) is 13.5 Å². The van der Waals surface area contributed by atoms with Gasteiger partial charge in [-0.3, -0.25) is 4.79 Å². The lowest BCUT2D eigenvalue weighted by Crippen LogP contribution is -2.38. The molecule has 0 aliphatic heterocycles. The van der Waals surface area contributed by atoms with Crippen LogP contribution < -0.4 is 11.1 Å². The molecule has 1 aromatic rings. The van der Waals surface area contributed by atoms with Crippen molar-refractivity contribution in [3.8, 4) is 0 Å². The second-order valence-electron chi connectivity index (χ2n) is 6.39. The number of carbonyl (C=O) groups is 2. The number of hydrogen-bond donors (Lipinski definition) is 2. The zero-order valence-corrected chi connectivity index (χ0v) is 13.9. The monoisotopic (exact) mass is 322 g/mol. The smallest absolute Gasteiger partial charge is 0.341 e. The Kier molecular flexibility index (Phi) is 5.82.